The largest absolute Gasteiger partial charge is 0.483 e. The summed E-state index contributed by atoms with van der Waals surface area (Å²) >= 11 is 3.48. The summed E-state index contributed by atoms with van der Waals surface area (Å²) in [6, 6.07) is 10.9. The summed E-state index contributed by atoms with van der Waals surface area (Å²) in [5.41, 5.74) is 3.10. The van der Waals surface area contributed by atoms with Crippen LogP contribution >= 0.6 is 15.9 Å². The van der Waals surface area contributed by atoms with E-state index >= 15 is 0 Å². The van der Waals surface area contributed by atoms with E-state index in [-0.39, 0.29) is 30.4 Å². The Kier molecular flexibility index (Phi) is 6.96. The topological polar surface area (TPSA) is 32.8 Å². The molecule has 1 heterocycles. The van der Waals surface area contributed by atoms with Crippen molar-refractivity contribution in [3.05, 3.63) is 63.4 Å². The van der Waals surface area contributed by atoms with Gasteiger partial charge in [-0.15, -0.1) is 0 Å². The molecule has 2 atom stereocenters. The first-order valence-electron chi connectivity index (χ1n) is 9.92. The maximum absolute atomic E-state index is 13.1. The first kappa shape index (κ1) is 21.8. The molecule has 3 rings (SSSR count). The van der Waals surface area contributed by atoms with Crippen LogP contribution in [0.5, 0.6) is 5.75 Å². The Balaban J connectivity index is 1.59. The van der Waals surface area contributed by atoms with Gasteiger partial charge < -0.3 is 9.64 Å². The third-order valence-corrected chi connectivity index (χ3v) is 5.96. The number of rotatable bonds is 5. The molecule has 4 nitrogen and oxygen atoms in total. The molecule has 1 fully saturated rings. The van der Waals surface area contributed by atoms with E-state index in [0.29, 0.717) is 6.54 Å². The summed E-state index contributed by atoms with van der Waals surface area (Å²) in [6.45, 7) is 10.4. The molecule has 2 aromatic rings. The number of hydrogen-bond donors (Lipinski definition) is 0. The first-order valence-corrected chi connectivity index (χ1v) is 10.7. The Labute approximate surface area is 180 Å². The van der Waals surface area contributed by atoms with Gasteiger partial charge in [-0.1, -0.05) is 28.1 Å². The van der Waals surface area contributed by atoms with Crippen molar-refractivity contribution in [1.82, 2.24) is 9.80 Å². The minimum atomic E-state index is -0.221. The summed E-state index contributed by atoms with van der Waals surface area (Å²) in [4.78, 5) is 17.1. The second-order valence-electron chi connectivity index (χ2n) is 7.96. The standard InChI is InChI=1S/C23H28BrFN2O2/c1-15-9-20(24)10-16(2)23(15)29-14-22(28)27-12-17(3)26(11-18(27)4)13-19-5-7-21(25)8-6-19/h5-10,17-18H,11-14H2,1-4H3. The van der Waals surface area contributed by atoms with E-state index in [1.165, 1.54) is 12.1 Å². The van der Waals surface area contributed by atoms with Crippen molar-refractivity contribution in [2.24, 2.45) is 0 Å². The molecule has 0 saturated carbocycles. The molecular weight excluding hydrogens is 435 g/mol. The average molecular weight is 463 g/mol. The van der Waals surface area contributed by atoms with Crippen LogP contribution < -0.4 is 4.74 Å². The Morgan fingerprint density at radius 3 is 2.34 bits per heavy atom. The van der Waals surface area contributed by atoms with Crippen molar-refractivity contribution in [3.8, 4) is 5.75 Å². The minimum Gasteiger partial charge on any atom is -0.483 e. The number of piperazine rings is 1. The molecule has 6 heteroatoms. The van der Waals surface area contributed by atoms with Crippen molar-refractivity contribution in [2.45, 2.75) is 46.3 Å². The molecule has 1 aliphatic rings. The average Bonchev–Trinajstić information content (AvgIpc) is 2.65. The Bertz CT molecular complexity index is 849. The molecule has 0 bridgehead atoms. The van der Waals surface area contributed by atoms with E-state index in [1.807, 2.05) is 43.0 Å². The zero-order chi connectivity index (χ0) is 21.1. The van der Waals surface area contributed by atoms with Gasteiger partial charge >= 0.3 is 0 Å². The van der Waals surface area contributed by atoms with Crippen molar-refractivity contribution in [1.29, 1.82) is 0 Å². The second-order valence-corrected chi connectivity index (χ2v) is 8.87. The van der Waals surface area contributed by atoms with E-state index in [9.17, 15) is 9.18 Å². The molecule has 2 unspecified atom stereocenters. The number of carbonyl (C=O) groups excluding carboxylic acids is 1. The number of carbonyl (C=O) groups is 1. The maximum atomic E-state index is 13.1. The lowest BCUT2D eigenvalue weighted by Crippen LogP contribution is -2.58. The molecule has 29 heavy (non-hydrogen) atoms. The molecule has 0 N–H and O–H groups in total. The molecule has 156 valence electrons. The fourth-order valence-corrected chi connectivity index (χ4v) is 4.62. The van der Waals surface area contributed by atoms with Gasteiger partial charge in [-0.05, 0) is 68.7 Å². The Hall–Kier alpha value is -1.92. The number of benzene rings is 2. The Morgan fingerprint density at radius 2 is 1.72 bits per heavy atom. The van der Waals surface area contributed by atoms with Gasteiger partial charge in [0, 0.05) is 36.2 Å². The van der Waals surface area contributed by atoms with Gasteiger partial charge in [-0.2, -0.15) is 0 Å². The molecule has 1 saturated heterocycles. The molecule has 0 radical (unpaired) electrons. The summed E-state index contributed by atoms with van der Waals surface area (Å²) in [5, 5.41) is 0. The van der Waals surface area contributed by atoms with E-state index in [4.69, 9.17) is 4.74 Å². The summed E-state index contributed by atoms with van der Waals surface area (Å²) in [7, 11) is 0. The SMILES string of the molecule is Cc1cc(Br)cc(C)c1OCC(=O)N1CC(C)N(Cc2ccc(F)cc2)CC1C. The fourth-order valence-electron chi connectivity index (χ4n) is 3.93. The minimum absolute atomic E-state index is 0.00695. The lowest BCUT2D eigenvalue weighted by molar-refractivity contribution is -0.139. The van der Waals surface area contributed by atoms with Crippen molar-refractivity contribution < 1.29 is 13.9 Å². The quantitative estimate of drug-likeness (QED) is 0.644. The van der Waals surface area contributed by atoms with Gasteiger partial charge in [-0.3, -0.25) is 9.69 Å². The van der Waals surface area contributed by atoms with Crippen molar-refractivity contribution in [3.63, 3.8) is 0 Å². The normalized spacial score (nSPS) is 20.0. The van der Waals surface area contributed by atoms with Crippen LogP contribution in [0.15, 0.2) is 40.9 Å². The van der Waals surface area contributed by atoms with Gasteiger partial charge in [0.05, 0.1) is 0 Å². The highest BCUT2D eigenvalue weighted by molar-refractivity contribution is 9.10. The lowest BCUT2D eigenvalue weighted by atomic mass is 10.1. The predicted molar refractivity (Wildman–Crippen MR) is 117 cm³/mol. The number of ether oxygens (including phenoxy) is 1. The third kappa shape index (κ3) is 5.37. The maximum Gasteiger partial charge on any atom is 0.260 e. The van der Waals surface area contributed by atoms with E-state index in [1.54, 1.807) is 0 Å². The van der Waals surface area contributed by atoms with Crippen LogP contribution in [0.1, 0.15) is 30.5 Å². The van der Waals surface area contributed by atoms with Crippen LogP contribution in [-0.2, 0) is 11.3 Å². The predicted octanol–water partition coefficient (Wildman–Crippen LogP) is 4.71. The summed E-state index contributed by atoms with van der Waals surface area (Å²) < 4.78 is 20.0. The number of aryl methyl sites for hydroxylation is 2. The number of amides is 1. The van der Waals surface area contributed by atoms with E-state index in [0.717, 1.165) is 40.0 Å². The zero-order valence-corrected chi connectivity index (χ0v) is 19.0. The molecule has 1 amide bonds. The molecule has 0 spiro atoms. The molecule has 0 aromatic heterocycles. The van der Waals surface area contributed by atoms with Gasteiger partial charge in [0.2, 0.25) is 0 Å². The lowest BCUT2D eigenvalue weighted by Gasteiger charge is -2.44. The molecule has 0 aliphatic carbocycles. The van der Waals surface area contributed by atoms with Gasteiger partial charge in [0.1, 0.15) is 11.6 Å². The number of hydrogen-bond acceptors (Lipinski definition) is 3. The van der Waals surface area contributed by atoms with Crippen LogP contribution in [0.2, 0.25) is 0 Å². The summed E-state index contributed by atoms with van der Waals surface area (Å²) in [5.74, 6) is 0.562. The monoisotopic (exact) mass is 462 g/mol. The third-order valence-electron chi connectivity index (χ3n) is 5.50. The smallest absolute Gasteiger partial charge is 0.260 e. The van der Waals surface area contributed by atoms with Crippen molar-refractivity contribution >= 4 is 21.8 Å². The van der Waals surface area contributed by atoms with Gasteiger partial charge in [0.15, 0.2) is 6.61 Å². The Morgan fingerprint density at radius 1 is 1.10 bits per heavy atom. The molecule has 1 aliphatic heterocycles. The first-order chi connectivity index (χ1) is 13.7. The molecule has 2 aromatic carbocycles. The summed E-state index contributed by atoms with van der Waals surface area (Å²) in [6.07, 6.45) is 0. The van der Waals surface area contributed by atoms with Crippen LogP contribution in [0.4, 0.5) is 4.39 Å². The van der Waals surface area contributed by atoms with E-state index < -0.39 is 0 Å². The zero-order valence-electron chi connectivity index (χ0n) is 17.4. The molecular formula is C23H28BrFN2O2. The van der Waals surface area contributed by atoms with Crippen molar-refractivity contribution in [2.75, 3.05) is 19.7 Å². The number of halogens is 2. The second kappa shape index (κ2) is 9.26. The van der Waals surface area contributed by atoms with Crippen LogP contribution in [0, 0.1) is 19.7 Å². The van der Waals surface area contributed by atoms with Crippen LogP contribution in [0.3, 0.4) is 0 Å². The fraction of sp³-hybridized carbons (Fsp3) is 0.435. The van der Waals surface area contributed by atoms with Crippen LogP contribution in [0.25, 0.3) is 0 Å². The van der Waals surface area contributed by atoms with Gasteiger partial charge in [-0.25, -0.2) is 4.39 Å². The van der Waals surface area contributed by atoms with Gasteiger partial charge in [0.25, 0.3) is 5.91 Å². The van der Waals surface area contributed by atoms with E-state index in [2.05, 4.69) is 34.7 Å². The van der Waals surface area contributed by atoms with Crippen LogP contribution in [-0.4, -0.2) is 47.5 Å². The highest BCUT2D eigenvalue weighted by Gasteiger charge is 2.32. The highest BCUT2D eigenvalue weighted by atomic mass is 79.9. The highest BCUT2D eigenvalue weighted by Crippen LogP contribution is 2.27. The number of nitrogens with zero attached hydrogens (tertiary/aromatic N) is 2.